The Morgan fingerprint density at radius 3 is 2.50 bits per heavy atom. The van der Waals surface area contributed by atoms with Crippen LogP contribution in [0.3, 0.4) is 0 Å². The first-order chi connectivity index (χ1) is 11.7. The van der Waals surface area contributed by atoms with Gasteiger partial charge >= 0.3 is 5.97 Å². The van der Waals surface area contributed by atoms with Crippen LogP contribution >= 0.6 is 0 Å². The fourth-order valence-electron chi connectivity index (χ4n) is 2.24. The molecule has 0 radical (unpaired) electrons. The first-order valence-electron chi connectivity index (χ1n) is 7.72. The van der Waals surface area contributed by atoms with Gasteiger partial charge < -0.3 is 14.3 Å². The SMILES string of the molecule is CCOC(=O)/C(=N/OC)c1ccccc1COc1ccccc1C. The Labute approximate surface area is 141 Å². The number of nitrogens with zero attached hydrogens (tertiary/aromatic N) is 1. The van der Waals surface area contributed by atoms with Gasteiger partial charge in [-0.3, -0.25) is 0 Å². The number of benzene rings is 2. The van der Waals surface area contributed by atoms with Crippen molar-refractivity contribution in [2.24, 2.45) is 5.16 Å². The van der Waals surface area contributed by atoms with Gasteiger partial charge in [-0.2, -0.15) is 0 Å². The minimum absolute atomic E-state index is 0.128. The zero-order valence-corrected chi connectivity index (χ0v) is 14.1. The van der Waals surface area contributed by atoms with Gasteiger partial charge in [0.15, 0.2) is 5.71 Å². The zero-order valence-electron chi connectivity index (χ0n) is 14.1. The first kappa shape index (κ1) is 17.5. The lowest BCUT2D eigenvalue weighted by molar-refractivity contribution is -0.135. The molecular formula is C19H21NO4. The molecule has 0 atom stereocenters. The van der Waals surface area contributed by atoms with Crippen LogP contribution in [-0.4, -0.2) is 25.4 Å². The van der Waals surface area contributed by atoms with Gasteiger partial charge in [0, 0.05) is 5.56 Å². The van der Waals surface area contributed by atoms with Crippen LogP contribution in [0.25, 0.3) is 0 Å². The molecule has 0 aliphatic carbocycles. The zero-order chi connectivity index (χ0) is 17.4. The number of rotatable bonds is 7. The molecular weight excluding hydrogens is 306 g/mol. The molecule has 0 N–H and O–H groups in total. The van der Waals surface area contributed by atoms with E-state index in [2.05, 4.69) is 5.16 Å². The summed E-state index contributed by atoms with van der Waals surface area (Å²) >= 11 is 0. The topological polar surface area (TPSA) is 57.1 Å². The summed E-state index contributed by atoms with van der Waals surface area (Å²) in [5.74, 6) is 0.274. The highest BCUT2D eigenvalue weighted by molar-refractivity contribution is 6.43. The second kappa shape index (κ2) is 8.72. The van der Waals surface area contributed by atoms with E-state index in [1.54, 1.807) is 13.0 Å². The Hall–Kier alpha value is -2.82. The molecule has 2 rings (SSSR count). The van der Waals surface area contributed by atoms with Crippen LogP contribution in [0.5, 0.6) is 5.75 Å². The van der Waals surface area contributed by atoms with E-state index in [0.29, 0.717) is 12.2 Å². The largest absolute Gasteiger partial charge is 0.489 e. The lowest BCUT2D eigenvalue weighted by atomic mass is 10.0. The van der Waals surface area contributed by atoms with Gasteiger partial charge in [-0.1, -0.05) is 47.6 Å². The summed E-state index contributed by atoms with van der Waals surface area (Å²) in [6.45, 7) is 4.31. The van der Waals surface area contributed by atoms with Gasteiger partial charge in [-0.05, 0) is 31.0 Å². The Balaban J connectivity index is 2.27. The summed E-state index contributed by atoms with van der Waals surface area (Å²) in [6, 6.07) is 15.2. The molecule has 0 fully saturated rings. The standard InChI is InChI=1S/C19H21NO4/c1-4-23-19(21)18(20-22-3)16-11-7-6-10-15(16)13-24-17-12-8-5-9-14(17)2/h5-12H,4,13H2,1-3H3/b20-18+. The van der Waals surface area contributed by atoms with E-state index in [9.17, 15) is 4.79 Å². The van der Waals surface area contributed by atoms with Gasteiger partial charge in [0.25, 0.3) is 0 Å². The molecule has 5 nitrogen and oxygen atoms in total. The van der Waals surface area contributed by atoms with Crippen LogP contribution in [0.2, 0.25) is 0 Å². The van der Waals surface area contributed by atoms with Crippen LogP contribution in [0.15, 0.2) is 53.7 Å². The summed E-state index contributed by atoms with van der Waals surface area (Å²) < 4.78 is 10.9. The van der Waals surface area contributed by atoms with Crippen molar-refractivity contribution in [2.75, 3.05) is 13.7 Å². The number of aryl methyl sites for hydroxylation is 1. The van der Waals surface area contributed by atoms with Crippen LogP contribution in [0, 0.1) is 6.92 Å². The Morgan fingerprint density at radius 2 is 1.79 bits per heavy atom. The normalized spacial score (nSPS) is 11.0. The average Bonchev–Trinajstić information content (AvgIpc) is 2.59. The van der Waals surface area contributed by atoms with Crippen molar-refractivity contribution in [1.29, 1.82) is 0 Å². The molecule has 0 aliphatic rings. The van der Waals surface area contributed by atoms with Crippen molar-refractivity contribution in [3.05, 3.63) is 65.2 Å². The molecule has 0 saturated heterocycles. The van der Waals surface area contributed by atoms with Crippen molar-refractivity contribution < 1.29 is 19.1 Å². The molecule has 5 heteroatoms. The van der Waals surface area contributed by atoms with Gasteiger partial charge in [-0.15, -0.1) is 0 Å². The van der Waals surface area contributed by atoms with Crippen LogP contribution in [-0.2, 0) is 21.0 Å². The second-order valence-electron chi connectivity index (χ2n) is 5.05. The number of hydrogen-bond donors (Lipinski definition) is 0. The quantitative estimate of drug-likeness (QED) is 0.444. The van der Waals surface area contributed by atoms with Crippen molar-refractivity contribution in [3.8, 4) is 5.75 Å². The van der Waals surface area contributed by atoms with Crippen LogP contribution in [0.1, 0.15) is 23.6 Å². The summed E-state index contributed by atoms with van der Waals surface area (Å²) in [5.41, 5.74) is 2.63. The Kier molecular flexibility index (Phi) is 6.37. The van der Waals surface area contributed by atoms with Crippen molar-refractivity contribution in [2.45, 2.75) is 20.5 Å². The van der Waals surface area contributed by atoms with E-state index in [0.717, 1.165) is 16.9 Å². The molecule has 0 aromatic heterocycles. The molecule has 2 aromatic carbocycles. The van der Waals surface area contributed by atoms with Crippen molar-refractivity contribution in [1.82, 2.24) is 0 Å². The molecule has 0 unspecified atom stereocenters. The monoisotopic (exact) mass is 327 g/mol. The van der Waals surface area contributed by atoms with Gasteiger partial charge in [0.2, 0.25) is 0 Å². The molecule has 0 heterocycles. The van der Waals surface area contributed by atoms with E-state index < -0.39 is 5.97 Å². The lowest BCUT2D eigenvalue weighted by Crippen LogP contribution is -2.21. The maximum atomic E-state index is 12.1. The van der Waals surface area contributed by atoms with E-state index >= 15 is 0 Å². The lowest BCUT2D eigenvalue weighted by Gasteiger charge is -2.13. The predicted molar refractivity (Wildman–Crippen MR) is 92.1 cm³/mol. The van der Waals surface area contributed by atoms with Crippen molar-refractivity contribution in [3.63, 3.8) is 0 Å². The third-order valence-corrected chi connectivity index (χ3v) is 3.40. The molecule has 24 heavy (non-hydrogen) atoms. The minimum atomic E-state index is -0.525. The highest BCUT2D eigenvalue weighted by Gasteiger charge is 2.19. The Morgan fingerprint density at radius 1 is 1.08 bits per heavy atom. The molecule has 2 aromatic rings. The fourth-order valence-corrected chi connectivity index (χ4v) is 2.24. The summed E-state index contributed by atoms with van der Waals surface area (Å²) in [4.78, 5) is 16.9. The predicted octanol–water partition coefficient (Wildman–Crippen LogP) is 3.49. The summed E-state index contributed by atoms with van der Waals surface area (Å²) in [7, 11) is 1.39. The fraction of sp³-hybridized carbons (Fsp3) is 0.263. The number of oxime groups is 1. The molecule has 126 valence electrons. The number of hydrogen-bond acceptors (Lipinski definition) is 5. The summed E-state index contributed by atoms with van der Waals surface area (Å²) in [5, 5.41) is 3.83. The minimum Gasteiger partial charge on any atom is -0.489 e. The van der Waals surface area contributed by atoms with E-state index in [1.807, 2.05) is 49.4 Å². The molecule has 0 aliphatic heterocycles. The smallest absolute Gasteiger partial charge is 0.361 e. The second-order valence-corrected chi connectivity index (χ2v) is 5.05. The van der Waals surface area contributed by atoms with Crippen molar-refractivity contribution >= 4 is 11.7 Å². The summed E-state index contributed by atoms with van der Waals surface area (Å²) in [6.07, 6.45) is 0. The average molecular weight is 327 g/mol. The third-order valence-electron chi connectivity index (χ3n) is 3.40. The number of para-hydroxylation sites is 1. The first-order valence-corrected chi connectivity index (χ1v) is 7.72. The number of carbonyl (C=O) groups excluding carboxylic acids is 1. The molecule has 0 saturated carbocycles. The van der Waals surface area contributed by atoms with E-state index in [4.69, 9.17) is 14.3 Å². The van der Waals surface area contributed by atoms with Gasteiger partial charge in [0.05, 0.1) is 6.61 Å². The highest BCUT2D eigenvalue weighted by Crippen LogP contribution is 2.20. The maximum absolute atomic E-state index is 12.1. The third kappa shape index (κ3) is 4.35. The molecule has 0 spiro atoms. The van der Waals surface area contributed by atoms with Gasteiger partial charge in [0.1, 0.15) is 19.5 Å². The highest BCUT2D eigenvalue weighted by atomic mass is 16.6. The maximum Gasteiger partial charge on any atom is 0.361 e. The Bertz CT molecular complexity index is 725. The number of ether oxygens (including phenoxy) is 2. The van der Waals surface area contributed by atoms with Crippen LogP contribution < -0.4 is 4.74 Å². The van der Waals surface area contributed by atoms with E-state index in [1.165, 1.54) is 7.11 Å². The molecule has 0 bridgehead atoms. The van der Waals surface area contributed by atoms with E-state index in [-0.39, 0.29) is 12.3 Å². The molecule has 0 amide bonds. The van der Waals surface area contributed by atoms with Gasteiger partial charge in [-0.25, -0.2) is 4.79 Å². The van der Waals surface area contributed by atoms with Crippen LogP contribution in [0.4, 0.5) is 0 Å². The number of carbonyl (C=O) groups is 1. The number of esters is 1.